The van der Waals surface area contributed by atoms with Crippen molar-refractivity contribution in [2.75, 3.05) is 13.1 Å². The summed E-state index contributed by atoms with van der Waals surface area (Å²) in [7, 11) is 1.89. The molecule has 0 aliphatic carbocycles. The standard InChI is InChI=1S/C21H24N4O2/c1-23-15-17(14-22-23)9-11-24-18-10-12-25(19(18)13-21(24)27)20(26)8-7-16-5-3-2-4-6-16/h2-8,14-15,18-19H,9-13H2,1H3/b8-7+/t18-,19-/m0/s1. The van der Waals surface area contributed by atoms with E-state index in [2.05, 4.69) is 5.10 Å². The molecule has 0 saturated carbocycles. The molecule has 140 valence electrons. The molecule has 0 spiro atoms. The first-order valence-electron chi connectivity index (χ1n) is 9.42. The topological polar surface area (TPSA) is 58.4 Å². The van der Waals surface area contributed by atoms with E-state index in [1.54, 1.807) is 10.8 Å². The minimum absolute atomic E-state index is 0.000628. The van der Waals surface area contributed by atoms with E-state index < -0.39 is 0 Å². The van der Waals surface area contributed by atoms with Crippen LogP contribution in [0.25, 0.3) is 6.08 Å². The average molecular weight is 364 g/mol. The maximum absolute atomic E-state index is 12.7. The summed E-state index contributed by atoms with van der Waals surface area (Å²) >= 11 is 0. The fourth-order valence-corrected chi connectivity index (χ4v) is 4.17. The molecule has 2 aliphatic heterocycles. The maximum Gasteiger partial charge on any atom is 0.246 e. The molecule has 2 amide bonds. The third-order valence-electron chi connectivity index (χ3n) is 5.52. The van der Waals surface area contributed by atoms with Crippen LogP contribution in [0.15, 0.2) is 48.8 Å². The summed E-state index contributed by atoms with van der Waals surface area (Å²) in [6.07, 6.45) is 9.38. The molecule has 2 saturated heterocycles. The van der Waals surface area contributed by atoms with Gasteiger partial charge >= 0.3 is 0 Å². The molecule has 3 heterocycles. The number of likely N-dealkylation sites (tertiary alicyclic amines) is 2. The Morgan fingerprint density at radius 2 is 2.07 bits per heavy atom. The molecule has 0 radical (unpaired) electrons. The zero-order valence-electron chi connectivity index (χ0n) is 15.5. The molecule has 0 unspecified atom stereocenters. The third-order valence-corrected chi connectivity index (χ3v) is 5.52. The van der Waals surface area contributed by atoms with Crippen LogP contribution in [0.3, 0.4) is 0 Å². The van der Waals surface area contributed by atoms with Gasteiger partial charge in [-0.25, -0.2) is 0 Å². The summed E-state index contributed by atoms with van der Waals surface area (Å²) in [5, 5.41) is 4.18. The predicted octanol–water partition coefficient (Wildman–Crippen LogP) is 1.88. The van der Waals surface area contributed by atoms with Crippen LogP contribution in [0.1, 0.15) is 24.0 Å². The minimum atomic E-state index is -0.00624. The fourth-order valence-electron chi connectivity index (χ4n) is 4.17. The van der Waals surface area contributed by atoms with Gasteiger partial charge in [-0.1, -0.05) is 30.3 Å². The molecule has 27 heavy (non-hydrogen) atoms. The normalized spacial score (nSPS) is 22.0. The van der Waals surface area contributed by atoms with Crippen molar-refractivity contribution in [1.29, 1.82) is 0 Å². The Hall–Kier alpha value is -2.89. The van der Waals surface area contributed by atoms with Gasteiger partial charge in [0.2, 0.25) is 11.8 Å². The van der Waals surface area contributed by atoms with E-state index in [9.17, 15) is 9.59 Å². The molecular weight excluding hydrogens is 340 g/mol. The highest BCUT2D eigenvalue weighted by Crippen LogP contribution is 2.32. The Labute approximate surface area is 159 Å². The van der Waals surface area contributed by atoms with E-state index in [4.69, 9.17) is 0 Å². The molecule has 2 fully saturated rings. The number of nitrogens with zero attached hydrogens (tertiary/aromatic N) is 4. The smallest absolute Gasteiger partial charge is 0.246 e. The first kappa shape index (κ1) is 17.5. The molecule has 2 aromatic rings. The van der Waals surface area contributed by atoms with Gasteiger partial charge in [-0.2, -0.15) is 5.10 Å². The first-order chi connectivity index (χ1) is 13.1. The number of fused-ring (bicyclic) bond motifs is 1. The highest BCUT2D eigenvalue weighted by molar-refractivity contribution is 5.93. The quantitative estimate of drug-likeness (QED) is 0.761. The molecule has 1 aromatic heterocycles. The number of benzene rings is 1. The lowest BCUT2D eigenvalue weighted by Gasteiger charge is -2.24. The molecule has 6 nitrogen and oxygen atoms in total. The maximum atomic E-state index is 12.7. The Bertz CT molecular complexity index is 858. The third kappa shape index (κ3) is 3.65. The summed E-state index contributed by atoms with van der Waals surface area (Å²) in [6.45, 7) is 1.40. The van der Waals surface area contributed by atoms with Crippen LogP contribution in [0, 0.1) is 0 Å². The van der Waals surface area contributed by atoms with Gasteiger partial charge in [-0.3, -0.25) is 14.3 Å². The second-order valence-corrected chi connectivity index (χ2v) is 7.26. The van der Waals surface area contributed by atoms with Crippen LogP contribution >= 0.6 is 0 Å². The van der Waals surface area contributed by atoms with Gasteiger partial charge in [-0.05, 0) is 30.0 Å². The van der Waals surface area contributed by atoms with Crippen molar-refractivity contribution in [3.8, 4) is 0 Å². The van der Waals surface area contributed by atoms with Gasteiger partial charge in [0.25, 0.3) is 0 Å². The highest BCUT2D eigenvalue weighted by atomic mass is 16.2. The number of amides is 2. The van der Waals surface area contributed by atoms with Gasteiger partial charge in [0.15, 0.2) is 0 Å². The van der Waals surface area contributed by atoms with Gasteiger partial charge in [0, 0.05) is 38.8 Å². The molecule has 2 aliphatic rings. The van der Waals surface area contributed by atoms with Crippen LogP contribution in [0.4, 0.5) is 0 Å². The van der Waals surface area contributed by atoms with Crippen LogP contribution in [0.5, 0.6) is 0 Å². The van der Waals surface area contributed by atoms with E-state index in [0.717, 1.165) is 24.0 Å². The van der Waals surface area contributed by atoms with Crippen LogP contribution in [-0.2, 0) is 23.1 Å². The highest BCUT2D eigenvalue weighted by Gasteiger charge is 2.47. The van der Waals surface area contributed by atoms with Crippen molar-refractivity contribution >= 4 is 17.9 Å². The number of rotatable bonds is 5. The zero-order valence-corrected chi connectivity index (χ0v) is 15.5. The Balaban J connectivity index is 1.39. The van der Waals surface area contributed by atoms with Crippen molar-refractivity contribution in [2.45, 2.75) is 31.3 Å². The SMILES string of the molecule is Cn1cc(CCN2C(=O)C[C@H]3[C@@H]2CCN3C(=O)/C=C/c2ccccc2)cn1. The number of aromatic nitrogens is 2. The van der Waals surface area contributed by atoms with Crippen molar-refractivity contribution < 1.29 is 9.59 Å². The van der Waals surface area contributed by atoms with Crippen molar-refractivity contribution in [2.24, 2.45) is 7.05 Å². The molecular formula is C21H24N4O2. The number of aryl methyl sites for hydroxylation is 1. The second kappa shape index (κ2) is 7.39. The minimum Gasteiger partial charge on any atom is -0.337 e. The Morgan fingerprint density at radius 3 is 2.81 bits per heavy atom. The van der Waals surface area contributed by atoms with Crippen LogP contribution in [0.2, 0.25) is 0 Å². The molecule has 4 rings (SSSR count). The largest absolute Gasteiger partial charge is 0.337 e. The van der Waals surface area contributed by atoms with Gasteiger partial charge in [0.05, 0.1) is 18.3 Å². The number of hydrogen-bond donors (Lipinski definition) is 0. The first-order valence-corrected chi connectivity index (χ1v) is 9.42. The van der Waals surface area contributed by atoms with E-state index >= 15 is 0 Å². The molecule has 0 bridgehead atoms. The van der Waals surface area contributed by atoms with Crippen molar-refractivity contribution in [1.82, 2.24) is 19.6 Å². The fraction of sp³-hybridized carbons (Fsp3) is 0.381. The molecule has 6 heteroatoms. The summed E-state index contributed by atoms with van der Waals surface area (Å²) in [6, 6.07) is 9.93. The van der Waals surface area contributed by atoms with E-state index in [-0.39, 0.29) is 23.9 Å². The van der Waals surface area contributed by atoms with Crippen LogP contribution < -0.4 is 0 Å². The Kier molecular flexibility index (Phi) is 4.79. The van der Waals surface area contributed by atoms with Crippen LogP contribution in [-0.4, -0.2) is 56.6 Å². The monoisotopic (exact) mass is 364 g/mol. The lowest BCUT2D eigenvalue weighted by atomic mass is 10.1. The van der Waals surface area contributed by atoms with Gasteiger partial charge in [-0.15, -0.1) is 0 Å². The molecule has 0 N–H and O–H groups in total. The van der Waals surface area contributed by atoms with E-state index in [0.29, 0.717) is 19.5 Å². The number of hydrogen-bond acceptors (Lipinski definition) is 3. The van der Waals surface area contributed by atoms with Gasteiger partial charge in [0.1, 0.15) is 0 Å². The lowest BCUT2D eigenvalue weighted by Crippen LogP contribution is -2.39. The second-order valence-electron chi connectivity index (χ2n) is 7.26. The average Bonchev–Trinajstić information content (AvgIpc) is 3.34. The van der Waals surface area contributed by atoms with Crippen molar-refractivity contribution in [3.05, 3.63) is 59.9 Å². The molecule has 1 aromatic carbocycles. The molecule has 2 atom stereocenters. The predicted molar refractivity (Wildman–Crippen MR) is 103 cm³/mol. The number of carbonyl (C=O) groups excluding carboxylic acids is 2. The summed E-state index contributed by atoms with van der Waals surface area (Å²) in [4.78, 5) is 29.0. The Morgan fingerprint density at radius 1 is 1.26 bits per heavy atom. The van der Waals surface area contributed by atoms with Gasteiger partial charge < -0.3 is 9.80 Å². The van der Waals surface area contributed by atoms with Crippen molar-refractivity contribution in [3.63, 3.8) is 0 Å². The lowest BCUT2D eigenvalue weighted by molar-refractivity contribution is -0.129. The number of carbonyl (C=O) groups is 2. The summed E-state index contributed by atoms with van der Waals surface area (Å²) in [5.74, 6) is 0.145. The summed E-state index contributed by atoms with van der Waals surface area (Å²) in [5.41, 5.74) is 2.13. The zero-order chi connectivity index (χ0) is 18.8. The van der Waals surface area contributed by atoms with E-state index in [1.165, 1.54) is 0 Å². The summed E-state index contributed by atoms with van der Waals surface area (Å²) < 4.78 is 1.78. The van der Waals surface area contributed by atoms with E-state index in [1.807, 2.05) is 65.6 Å².